The van der Waals surface area contributed by atoms with Crippen LogP contribution in [0.1, 0.15) is 6.92 Å². The molecule has 1 aromatic heterocycles. The van der Waals surface area contributed by atoms with Crippen molar-refractivity contribution < 1.29 is 9.53 Å². The molecule has 0 aromatic carbocycles. The monoisotopic (exact) mass is 230 g/mol. The summed E-state index contributed by atoms with van der Waals surface area (Å²) in [6.45, 7) is 2.18. The van der Waals surface area contributed by atoms with Crippen LogP contribution in [0.2, 0.25) is 0 Å². The Morgan fingerprint density at radius 2 is 2.60 bits per heavy atom. The van der Waals surface area contributed by atoms with Crippen molar-refractivity contribution in [2.24, 2.45) is 0 Å². The van der Waals surface area contributed by atoms with Crippen LogP contribution < -0.4 is 5.32 Å². The van der Waals surface area contributed by atoms with Crippen LogP contribution in [-0.4, -0.2) is 46.6 Å². The number of carbonyl (C=O) groups excluding carboxylic acids is 1. The van der Waals surface area contributed by atoms with Crippen molar-refractivity contribution >= 4 is 17.7 Å². The summed E-state index contributed by atoms with van der Waals surface area (Å²) in [5.74, 6) is 0.317. The molecule has 2 N–H and O–H groups in total. The molecule has 0 amide bonds. The van der Waals surface area contributed by atoms with E-state index >= 15 is 0 Å². The number of rotatable bonds is 6. The van der Waals surface area contributed by atoms with Crippen LogP contribution in [0.4, 0.5) is 0 Å². The van der Waals surface area contributed by atoms with E-state index in [4.69, 9.17) is 4.74 Å². The van der Waals surface area contributed by atoms with E-state index in [9.17, 15) is 4.79 Å². The number of thioether (sulfide) groups is 1. The van der Waals surface area contributed by atoms with Gasteiger partial charge in [-0.2, -0.15) is 5.10 Å². The number of nitrogens with one attached hydrogen (secondary N) is 2. The number of esters is 1. The highest BCUT2D eigenvalue weighted by Gasteiger charge is 2.18. The Hall–Kier alpha value is -1.08. The van der Waals surface area contributed by atoms with E-state index in [1.165, 1.54) is 18.1 Å². The maximum Gasteiger partial charge on any atom is 0.323 e. The normalized spacial score (nSPS) is 12.4. The van der Waals surface area contributed by atoms with Gasteiger partial charge in [-0.25, -0.2) is 4.98 Å². The van der Waals surface area contributed by atoms with E-state index < -0.39 is 0 Å². The summed E-state index contributed by atoms with van der Waals surface area (Å²) in [5, 5.41) is 10.0. The number of hydrogen-bond acceptors (Lipinski definition) is 6. The zero-order valence-electron chi connectivity index (χ0n) is 8.69. The molecule has 0 radical (unpaired) electrons. The second kappa shape index (κ2) is 6.41. The van der Waals surface area contributed by atoms with Crippen molar-refractivity contribution in [3.8, 4) is 0 Å². The van der Waals surface area contributed by atoms with Crippen LogP contribution in [0.3, 0.4) is 0 Å². The minimum Gasteiger partial charge on any atom is -0.465 e. The molecular weight excluding hydrogens is 216 g/mol. The van der Waals surface area contributed by atoms with Crippen molar-refractivity contribution in [2.45, 2.75) is 18.1 Å². The average molecular weight is 230 g/mol. The summed E-state index contributed by atoms with van der Waals surface area (Å²) in [4.78, 5) is 15.3. The number of likely N-dealkylation sites (N-methyl/N-ethyl adjacent to an activating group) is 1. The summed E-state index contributed by atoms with van der Waals surface area (Å²) >= 11 is 1.42. The maximum absolute atomic E-state index is 11.4. The van der Waals surface area contributed by atoms with Crippen molar-refractivity contribution in [1.82, 2.24) is 20.5 Å². The molecule has 0 aliphatic heterocycles. The van der Waals surface area contributed by atoms with Gasteiger partial charge in [-0.05, 0) is 14.0 Å². The van der Waals surface area contributed by atoms with Gasteiger partial charge in [-0.1, -0.05) is 11.8 Å². The number of ether oxygens (including phenoxy) is 1. The molecule has 0 saturated heterocycles. The van der Waals surface area contributed by atoms with E-state index in [0.29, 0.717) is 17.5 Å². The SMILES string of the molecule is CCOC(=O)C(CSc1ncn[nH]1)NC. The minimum atomic E-state index is -0.319. The van der Waals surface area contributed by atoms with Gasteiger partial charge in [-0.3, -0.25) is 9.89 Å². The third-order valence-corrected chi connectivity index (χ3v) is 2.67. The third kappa shape index (κ3) is 3.88. The molecule has 0 fully saturated rings. The highest BCUT2D eigenvalue weighted by molar-refractivity contribution is 7.99. The second-order valence-electron chi connectivity index (χ2n) is 2.69. The molecule has 0 aliphatic carbocycles. The zero-order chi connectivity index (χ0) is 11.1. The van der Waals surface area contributed by atoms with Gasteiger partial charge in [0.05, 0.1) is 6.61 Å². The first-order chi connectivity index (χ1) is 7.27. The van der Waals surface area contributed by atoms with Gasteiger partial charge in [0.15, 0.2) is 5.16 Å². The number of hydrogen-bond donors (Lipinski definition) is 2. The highest BCUT2D eigenvalue weighted by atomic mass is 32.2. The largest absolute Gasteiger partial charge is 0.465 e. The van der Waals surface area contributed by atoms with Crippen molar-refractivity contribution in [3.63, 3.8) is 0 Å². The molecule has 0 aliphatic rings. The van der Waals surface area contributed by atoms with E-state index in [1.54, 1.807) is 14.0 Å². The molecule has 1 atom stereocenters. The minimum absolute atomic E-state index is 0.244. The number of aromatic amines is 1. The molecule has 15 heavy (non-hydrogen) atoms. The summed E-state index contributed by atoms with van der Waals surface area (Å²) in [5.41, 5.74) is 0. The summed E-state index contributed by atoms with van der Waals surface area (Å²) in [6.07, 6.45) is 1.43. The first kappa shape index (κ1) is 12.0. The lowest BCUT2D eigenvalue weighted by Gasteiger charge is -2.12. The van der Waals surface area contributed by atoms with E-state index in [2.05, 4.69) is 20.5 Å². The molecule has 6 nitrogen and oxygen atoms in total. The quantitative estimate of drug-likeness (QED) is 0.531. The number of nitrogens with zero attached hydrogens (tertiary/aromatic N) is 2. The predicted octanol–water partition coefficient (Wildman–Crippen LogP) is 0.0479. The Kier molecular flexibility index (Phi) is 5.13. The molecule has 0 saturated carbocycles. The number of carbonyl (C=O) groups is 1. The molecule has 1 heterocycles. The zero-order valence-corrected chi connectivity index (χ0v) is 9.50. The van der Waals surface area contributed by atoms with Crippen molar-refractivity contribution in [2.75, 3.05) is 19.4 Å². The predicted molar refractivity (Wildman–Crippen MR) is 56.6 cm³/mol. The first-order valence-corrected chi connectivity index (χ1v) is 5.58. The van der Waals surface area contributed by atoms with E-state index in [1.807, 2.05) is 0 Å². The topological polar surface area (TPSA) is 79.9 Å². The van der Waals surface area contributed by atoms with E-state index in [-0.39, 0.29) is 12.0 Å². The molecular formula is C8H14N4O2S. The maximum atomic E-state index is 11.4. The van der Waals surface area contributed by atoms with Gasteiger partial charge in [-0.15, -0.1) is 0 Å². The van der Waals surface area contributed by atoms with Crippen molar-refractivity contribution in [3.05, 3.63) is 6.33 Å². The molecule has 7 heteroatoms. The molecule has 1 rings (SSSR count). The molecule has 0 bridgehead atoms. The average Bonchev–Trinajstić information content (AvgIpc) is 2.72. The van der Waals surface area contributed by atoms with Gasteiger partial charge in [0.1, 0.15) is 12.4 Å². The van der Waals surface area contributed by atoms with Gasteiger partial charge in [0.25, 0.3) is 0 Å². The Morgan fingerprint density at radius 3 is 3.13 bits per heavy atom. The molecule has 84 valence electrons. The lowest BCUT2D eigenvalue weighted by atomic mass is 10.3. The Balaban J connectivity index is 2.37. The Bertz CT molecular complexity index is 291. The lowest BCUT2D eigenvalue weighted by Crippen LogP contribution is -2.37. The first-order valence-electron chi connectivity index (χ1n) is 4.60. The van der Waals surface area contributed by atoms with Gasteiger partial charge < -0.3 is 10.1 Å². The van der Waals surface area contributed by atoms with Gasteiger partial charge in [0.2, 0.25) is 0 Å². The second-order valence-corrected chi connectivity index (χ2v) is 3.70. The number of H-pyrrole nitrogens is 1. The molecule has 1 unspecified atom stereocenters. The van der Waals surface area contributed by atoms with Crippen LogP contribution >= 0.6 is 11.8 Å². The Labute approximate surface area is 92.2 Å². The third-order valence-electron chi connectivity index (χ3n) is 1.70. The van der Waals surface area contributed by atoms with Crippen LogP contribution in [0.15, 0.2) is 11.5 Å². The fraction of sp³-hybridized carbons (Fsp3) is 0.625. The molecule has 1 aromatic rings. The summed E-state index contributed by atoms with van der Waals surface area (Å²) in [7, 11) is 1.72. The van der Waals surface area contributed by atoms with Crippen LogP contribution in [0.25, 0.3) is 0 Å². The fourth-order valence-corrected chi connectivity index (χ4v) is 1.80. The smallest absolute Gasteiger partial charge is 0.323 e. The van der Waals surface area contributed by atoms with Crippen LogP contribution in [0, 0.1) is 0 Å². The highest BCUT2D eigenvalue weighted by Crippen LogP contribution is 2.12. The molecule has 0 spiro atoms. The van der Waals surface area contributed by atoms with Gasteiger partial charge >= 0.3 is 5.97 Å². The van der Waals surface area contributed by atoms with Crippen LogP contribution in [-0.2, 0) is 9.53 Å². The lowest BCUT2D eigenvalue weighted by molar-refractivity contribution is -0.144. The fourth-order valence-electron chi connectivity index (χ4n) is 0.938. The van der Waals surface area contributed by atoms with Gasteiger partial charge in [0, 0.05) is 5.75 Å². The summed E-state index contributed by atoms with van der Waals surface area (Å²) < 4.78 is 4.90. The van der Waals surface area contributed by atoms with Crippen molar-refractivity contribution in [1.29, 1.82) is 0 Å². The Morgan fingerprint density at radius 1 is 1.80 bits per heavy atom. The van der Waals surface area contributed by atoms with E-state index in [0.717, 1.165) is 0 Å². The number of aromatic nitrogens is 3. The summed E-state index contributed by atoms with van der Waals surface area (Å²) in [6, 6.07) is -0.319. The van der Waals surface area contributed by atoms with Crippen LogP contribution in [0.5, 0.6) is 0 Å². The standard InChI is InChI=1S/C8H14N4O2S/c1-3-14-7(13)6(9-2)4-15-8-10-5-11-12-8/h5-6,9H,3-4H2,1-2H3,(H,10,11,12).